The number of ether oxygens (including phenoxy) is 1. The Hall–Kier alpha value is -2.08. The predicted molar refractivity (Wildman–Crippen MR) is 81.9 cm³/mol. The third-order valence-corrected chi connectivity index (χ3v) is 2.86. The normalized spacial score (nSPS) is 10.1. The Morgan fingerprint density at radius 2 is 1.76 bits per heavy atom. The summed E-state index contributed by atoms with van der Waals surface area (Å²) in [5.74, 6) is 0.236. The lowest BCUT2D eigenvalue weighted by molar-refractivity contribution is -0.118. The van der Waals surface area contributed by atoms with Crippen molar-refractivity contribution in [3.8, 4) is 5.75 Å². The zero-order chi connectivity index (χ0) is 15.5. The molecule has 5 N–H and O–H groups in total. The lowest BCUT2D eigenvalue weighted by Gasteiger charge is -2.08. The molecule has 1 rings (SSSR count). The van der Waals surface area contributed by atoms with Crippen LogP contribution in [0.25, 0.3) is 0 Å². The van der Waals surface area contributed by atoms with Crippen LogP contribution in [-0.2, 0) is 9.59 Å². The Morgan fingerprint density at radius 1 is 1.05 bits per heavy atom. The molecule has 0 aliphatic heterocycles. The van der Waals surface area contributed by atoms with Gasteiger partial charge in [-0.15, -0.1) is 0 Å². The first-order valence-corrected chi connectivity index (χ1v) is 7.13. The molecule has 0 aliphatic rings. The largest absolute Gasteiger partial charge is 0.493 e. The molecule has 0 heterocycles. The highest BCUT2D eigenvalue weighted by Gasteiger charge is 2.03. The minimum absolute atomic E-state index is 0.00517. The van der Waals surface area contributed by atoms with Gasteiger partial charge in [0.1, 0.15) is 5.75 Å². The molecule has 0 radical (unpaired) electrons. The molecule has 0 atom stereocenters. The summed E-state index contributed by atoms with van der Waals surface area (Å²) in [5.41, 5.74) is 11.1. The van der Waals surface area contributed by atoms with E-state index in [0.29, 0.717) is 18.7 Å². The smallest absolute Gasteiger partial charge is 0.224 e. The number of nitrogens with one attached hydrogen (secondary N) is 1. The first-order valence-electron chi connectivity index (χ1n) is 7.13. The predicted octanol–water partition coefficient (Wildman–Crippen LogP) is 1.40. The van der Waals surface area contributed by atoms with E-state index < -0.39 is 5.91 Å². The van der Waals surface area contributed by atoms with Crippen LogP contribution in [0.1, 0.15) is 32.1 Å². The second kappa shape index (κ2) is 9.77. The van der Waals surface area contributed by atoms with Gasteiger partial charge >= 0.3 is 0 Å². The molecule has 0 aromatic heterocycles. The van der Waals surface area contributed by atoms with E-state index in [1.165, 1.54) is 0 Å². The SMILES string of the molecule is NCCCCCC(=O)Nc1ccc(OCCC(N)=O)cc1. The molecule has 0 bridgehead atoms. The van der Waals surface area contributed by atoms with Gasteiger partial charge < -0.3 is 21.5 Å². The molecule has 0 unspecified atom stereocenters. The van der Waals surface area contributed by atoms with Crippen molar-refractivity contribution in [2.75, 3.05) is 18.5 Å². The lowest BCUT2D eigenvalue weighted by atomic mass is 10.2. The van der Waals surface area contributed by atoms with Crippen LogP contribution in [0.2, 0.25) is 0 Å². The Balaban J connectivity index is 2.29. The minimum atomic E-state index is -0.395. The van der Waals surface area contributed by atoms with Crippen LogP contribution in [0, 0.1) is 0 Å². The third kappa shape index (κ3) is 7.94. The van der Waals surface area contributed by atoms with Crippen LogP contribution in [-0.4, -0.2) is 25.0 Å². The van der Waals surface area contributed by atoms with Crippen LogP contribution in [0.15, 0.2) is 24.3 Å². The molecule has 6 heteroatoms. The number of nitrogens with two attached hydrogens (primary N) is 2. The van der Waals surface area contributed by atoms with E-state index in [-0.39, 0.29) is 18.9 Å². The quantitative estimate of drug-likeness (QED) is 0.567. The van der Waals surface area contributed by atoms with Crippen molar-refractivity contribution < 1.29 is 14.3 Å². The summed E-state index contributed by atoms with van der Waals surface area (Å²) < 4.78 is 5.34. The van der Waals surface area contributed by atoms with E-state index in [0.717, 1.165) is 24.9 Å². The maximum Gasteiger partial charge on any atom is 0.224 e. The molecule has 0 saturated carbocycles. The average molecular weight is 293 g/mol. The van der Waals surface area contributed by atoms with Crippen molar-refractivity contribution in [3.63, 3.8) is 0 Å². The summed E-state index contributed by atoms with van der Waals surface area (Å²) in [6, 6.07) is 7.00. The van der Waals surface area contributed by atoms with Gasteiger partial charge in [-0.2, -0.15) is 0 Å². The molecular formula is C15H23N3O3. The van der Waals surface area contributed by atoms with Gasteiger partial charge in [-0.25, -0.2) is 0 Å². The van der Waals surface area contributed by atoms with Crippen molar-refractivity contribution in [2.24, 2.45) is 11.5 Å². The van der Waals surface area contributed by atoms with Crippen LogP contribution in [0.3, 0.4) is 0 Å². The second-order valence-corrected chi connectivity index (χ2v) is 4.74. The van der Waals surface area contributed by atoms with Crippen LogP contribution in [0.4, 0.5) is 5.69 Å². The molecule has 1 aromatic rings. The van der Waals surface area contributed by atoms with Gasteiger partial charge in [-0.05, 0) is 43.7 Å². The summed E-state index contributed by atoms with van der Waals surface area (Å²) in [6.45, 7) is 0.918. The van der Waals surface area contributed by atoms with Gasteiger partial charge in [0.05, 0.1) is 13.0 Å². The monoisotopic (exact) mass is 293 g/mol. The molecule has 1 aromatic carbocycles. The summed E-state index contributed by atoms with van der Waals surface area (Å²) in [5, 5.41) is 2.82. The van der Waals surface area contributed by atoms with E-state index in [1.807, 2.05) is 0 Å². The van der Waals surface area contributed by atoms with E-state index in [4.69, 9.17) is 16.2 Å². The molecular weight excluding hydrogens is 270 g/mol. The van der Waals surface area contributed by atoms with Gasteiger partial charge in [-0.1, -0.05) is 6.42 Å². The fraction of sp³-hybridized carbons (Fsp3) is 0.467. The molecule has 6 nitrogen and oxygen atoms in total. The zero-order valence-corrected chi connectivity index (χ0v) is 12.1. The molecule has 0 fully saturated rings. The number of carbonyl (C=O) groups is 2. The molecule has 0 aliphatic carbocycles. The number of anilines is 1. The summed E-state index contributed by atoms with van der Waals surface area (Å²) in [6.07, 6.45) is 3.44. The lowest BCUT2D eigenvalue weighted by Crippen LogP contribution is -2.14. The number of hydrogen-bond acceptors (Lipinski definition) is 4. The van der Waals surface area contributed by atoms with Gasteiger partial charge in [0.15, 0.2) is 0 Å². The molecule has 21 heavy (non-hydrogen) atoms. The maximum atomic E-state index is 11.7. The van der Waals surface area contributed by atoms with E-state index in [9.17, 15) is 9.59 Å². The topological polar surface area (TPSA) is 107 Å². The number of rotatable bonds is 10. The van der Waals surface area contributed by atoms with Gasteiger partial charge in [0, 0.05) is 12.1 Å². The number of benzene rings is 1. The van der Waals surface area contributed by atoms with Crippen molar-refractivity contribution in [1.29, 1.82) is 0 Å². The van der Waals surface area contributed by atoms with Gasteiger partial charge in [0.25, 0.3) is 0 Å². The van der Waals surface area contributed by atoms with Crippen molar-refractivity contribution in [1.82, 2.24) is 0 Å². The molecule has 0 saturated heterocycles. The first kappa shape index (κ1) is 17.0. The average Bonchev–Trinajstić information content (AvgIpc) is 2.45. The molecule has 0 spiro atoms. The van der Waals surface area contributed by atoms with Crippen molar-refractivity contribution in [2.45, 2.75) is 32.1 Å². The summed E-state index contributed by atoms with van der Waals surface area (Å²) in [4.78, 5) is 22.3. The Labute approximate surface area is 124 Å². The second-order valence-electron chi connectivity index (χ2n) is 4.74. The van der Waals surface area contributed by atoms with E-state index in [1.54, 1.807) is 24.3 Å². The molecule has 116 valence electrons. The summed E-state index contributed by atoms with van der Waals surface area (Å²) in [7, 11) is 0. The van der Waals surface area contributed by atoms with Crippen LogP contribution < -0.4 is 21.5 Å². The highest BCUT2D eigenvalue weighted by molar-refractivity contribution is 5.90. The fourth-order valence-corrected chi connectivity index (χ4v) is 1.73. The minimum Gasteiger partial charge on any atom is -0.493 e. The number of primary amides is 1. The highest BCUT2D eigenvalue weighted by atomic mass is 16.5. The van der Waals surface area contributed by atoms with E-state index >= 15 is 0 Å². The van der Waals surface area contributed by atoms with Crippen LogP contribution in [0.5, 0.6) is 5.75 Å². The maximum absolute atomic E-state index is 11.7. The molecule has 2 amide bonds. The van der Waals surface area contributed by atoms with E-state index in [2.05, 4.69) is 5.32 Å². The standard InChI is InChI=1S/C15H23N3O3/c16-10-3-1-2-4-15(20)18-12-5-7-13(8-6-12)21-11-9-14(17)19/h5-8H,1-4,9-11,16H2,(H2,17,19)(H,18,20). The fourth-order valence-electron chi connectivity index (χ4n) is 1.73. The van der Waals surface area contributed by atoms with Crippen molar-refractivity contribution >= 4 is 17.5 Å². The Morgan fingerprint density at radius 3 is 2.38 bits per heavy atom. The number of hydrogen-bond donors (Lipinski definition) is 3. The first-order chi connectivity index (χ1) is 10.1. The Kier molecular flexibility index (Phi) is 7.89. The van der Waals surface area contributed by atoms with Crippen LogP contribution >= 0.6 is 0 Å². The number of unbranched alkanes of at least 4 members (excludes halogenated alkanes) is 2. The zero-order valence-electron chi connectivity index (χ0n) is 12.1. The third-order valence-electron chi connectivity index (χ3n) is 2.86. The number of carbonyl (C=O) groups excluding carboxylic acids is 2. The van der Waals surface area contributed by atoms with Crippen molar-refractivity contribution in [3.05, 3.63) is 24.3 Å². The number of amides is 2. The van der Waals surface area contributed by atoms with Gasteiger partial charge in [-0.3, -0.25) is 9.59 Å². The van der Waals surface area contributed by atoms with Gasteiger partial charge in [0.2, 0.25) is 11.8 Å². The Bertz CT molecular complexity index is 446. The highest BCUT2D eigenvalue weighted by Crippen LogP contribution is 2.16. The summed E-state index contributed by atoms with van der Waals surface area (Å²) >= 11 is 0.